The van der Waals surface area contributed by atoms with E-state index in [0.29, 0.717) is 12.1 Å². The maximum atomic E-state index is 13.0. The van der Waals surface area contributed by atoms with E-state index < -0.39 is 11.7 Å². The van der Waals surface area contributed by atoms with Crippen LogP contribution in [0.1, 0.15) is 43.4 Å². The number of hydrogen-bond acceptors (Lipinski definition) is 2. The summed E-state index contributed by atoms with van der Waals surface area (Å²) in [5.41, 5.74) is 2.08. The third-order valence-electron chi connectivity index (χ3n) is 4.14. The van der Waals surface area contributed by atoms with Crippen LogP contribution in [0.2, 0.25) is 0 Å². The summed E-state index contributed by atoms with van der Waals surface area (Å²) in [6.45, 7) is 6.31. The molecular formula is C20H23F3N2O. The predicted molar refractivity (Wildman–Crippen MR) is 99.1 cm³/mol. The molecule has 0 saturated heterocycles. The lowest BCUT2D eigenvalue weighted by Crippen LogP contribution is -2.23. The fourth-order valence-corrected chi connectivity index (χ4v) is 2.84. The molecule has 0 radical (unpaired) electrons. The Morgan fingerprint density at radius 2 is 1.92 bits per heavy atom. The van der Waals surface area contributed by atoms with Gasteiger partial charge in [0.15, 0.2) is 0 Å². The van der Waals surface area contributed by atoms with E-state index in [1.54, 1.807) is 19.2 Å². The molecule has 0 aliphatic carbocycles. The van der Waals surface area contributed by atoms with Crippen molar-refractivity contribution in [2.24, 2.45) is 0 Å². The van der Waals surface area contributed by atoms with Crippen molar-refractivity contribution in [1.82, 2.24) is 4.98 Å². The van der Waals surface area contributed by atoms with Crippen molar-refractivity contribution >= 4 is 11.4 Å². The average molecular weight is 364 g/mol. The molecule has 2 aromatic rings. The zero-order chi connectivity index (χ0) is 19.3. The van der Waals surface area contributed by atoms with Crippen LogP contribution in [0.15, 0.2) is 47.4 Å². The smallest absolute Gasteiger partial charge is 0.340 e. The molecule has 1 heterocycles. The molecule has 0 fully saturated rings. The zero-order valence-corrected chi connectivity index (χ0v) is 15.2. The number of H-pyrrole nitrogens is 1. The minimum absolute atomic E-state index is 0.199. The Bertz CT molecular complexity index is 817. The molecule has 0 atom stereocenters. The van der Waals surface area contributed by atoms with Crippen LogP contribution in [0.4, 0.5) is 18.9 Å². The van der Waals surface area contributed by atoms with E-state index in [0.717, 1.165) is 35.9 Å². The first-order valence-electron chi connectivity index (χ1n) is 8.62. The molecule has 0 aliphatic rings. The van der Waals surface area contributed by atoms with Crippen LogP contribution >= 0.6 is 0 Å². The standard InChI is InChI=1S/C20H23F3N2O/c1-4-6-7-18(25(5-2)16-9-11-19(26)24-13-16)17-10-8-15(12-14(17)3)20(21,22)23/h7-13H,4-6H2,1-3H3,(H,24,26). The molecule has 0 amide bonds. The molecule has 0 aliphatic heterocycles. The van der Waals surface area contributed by atoms with Gasteiger partial charge in [-0.25, -0.2) is 0 Å². The van der Waals surface area contributed by atoms with Crippen molar-refractivity contribution < 1.29 is 13.2 Å². The van der Waals surface area contributed by atoms with Gasteiger partial charge in [-0.3, -0.25) is 4.79 Å². The lowest BCUT2D eigenvalue weighted by molar-refractivity contribution is -0.137. The van der Waals surface area contributed by atoms with Crippen molar-refractivity contribution in [2.75, 3.05) is 11.4 Å². The Hall–Kier alpha value is -2.50. The molecule has 1 aromatic carbocycles. The van der Waals surface area contributed by atoms with E-state index in [1.165, 1.54) is 18.2 Å². The van der Waals surface area contributed by atoms with E-state index in [4.69, 9.17) is 0 Å². The molecular weight excluding hydrogens is 341 g/mol. The maximum absolute atomic E-state index is 13.0. The summed E-state index contributed by atoms with van der Waals surface area (Å²) in [7, 11) is 0. The van der Waals surface area contributed by atoms with Gasteiger partial charge in [0.2, 0.25) is 5.56 Å². The van der Waals surface area contributed by atoms with Gasteiger partial charge in [-0.15, -0.1) is 0 Å². The number of anilines is 1. The molecule has 3 nitrogen and oxygen atoms in total. The van der Waals surface area contributed by atoms with Gasteiger partial charge in [0.05, 0.1) is 11.3 Å². The number of benzene rings is 1. The van der Waals surface area contributed by atoms with Crippen molar-refractivity contribution in [1.29, 1.82) is 0 Å². The number of nitrogens with one attached hydrogen (secondary N) is 1. The summed E-state index contributed by atoms with van der Waals surface area (Å²) >= 11 is 0. The number of hydrogen-bond donors (Lipinski definition) is 1. The highest BCUT2D eigenvalue weighted by atomic mass is 19.4. The van der Waals surface area contributed by atoms with Gasteiger partial charge in [-0.1, -0.05) is 25.5 Å². The van der Waals surface area contributed by atoms with E-state index >= 15 is 0 Å². The highest BCUT2D eigenvalue weighted by Crippen LogP contribution is 2.34. The summed E-state index contributed by atoms with van der Waals surface area (Å²) in [6.07, 6.45) is 1.01. The van der Waals surface area contributed by atoms with Crippen molar-refractivity contribution in [3.8, 4) is 0 Å². The normalized spacial score (nSPS) is 12.3. The maximum Gasteiger partial charge on any atom is 0.416 e. The van der Waals surface area contributed by atoms with Crippen LogP contribution in [0.3, 0.4) is 0 Å². The number of aromatic amines is 1. The predicted octanol–water partition coefficient (Wildman–Crippen LogP) is 5.37. The first-order valence-corrected chi connectivity index (χ1v) is 8.62. The average Bonchev–Trinajstić information content (AvgIpc) is 2.59. The second-order valence-electron chi connectivity index (χ2n) is 6.06. The topological polar surface area (TPSA) is 36.1 Å². The highest BCUT2D eigenvalue weighted by Gasteiger charge is 2.31. The van der Waals surface area contributed by atoms with E-state index in [9.17, 15) is 18.0 Å². The Labute approximate surface area is 151 Å². The monoisotopic (exact) mass is 364 g/mol. The van der Waals surface area contributed by atoms with Gasteiger partial charge >= 0.3 is 6.18 Å². The molecule has 1 N–H and O–H groups in total. The number of aromatic nitrogens is 1. The Kier molecular flexibility index (Phi) is 6.29. The molecule has 0 spiro atoms. The van der Waals surface area contributed by atoms with Gasteiger partial charge in [0.1, 0.15) is 0 Å². The van der Waals surface area contributed by atoms with Crippen LogP contribution in [0, 0.1) is 6.92 Å². The lowest BCUT2D eigenvalue weighted by Gasteiger charge is -2.28. The molecule has 0 saturated carbocycles. The van der Waals surface area contributed by atoms with Crippen LogP contribution in [-0.4, -0.2) is 11.5 Å². The van der Waals surface area contributed by atoms with Crippen LogP contribution in [0.5, 0.6) is 0 Å². The number of halogens is 3. The fourth-order valence-electron chi connectivity index (χ4n) is 2.84. The minimum atomic E-state index is -4.36. The highest BCUT2D eigenvalue weighted by molar-refractivity contribution is 5.80. The van der Waals surface area contributed by atoms with Crippen molar-refractivity contribution in [3.05, 3.63) is 69.6 Å². The van der Waals surface area contributed by atoms with Crippen LogP contribution in [0.25, 0.3) is 5.70 Å². The first-order chi connectivity index (χ1) is 12.3. The molecule has 140 valence electrons. The largest absolute Gasteiger partial charge is 0.416 e. The number of pyridine rings is 1. The molecule has 2 rings (SSSR count). The van der Waals surface area contributed by atoms with Gasteiger partial charge in [0.25, 0.3) is 0 Å². The Balaban J connectivity index is 2.53. The number of allylic oxidation sites excluding steroid dienone is 1. The number of nitrogens with zero attached hydrogens (tertiary/aromatic N) is 1. The zero-order valence-electron chi connectivity index (χ0n) is 15.2. The van der Waals surface area contributed by atoms with Gasteiger partial charge in [-0.2, -0.15) is 13.2 Å². The molecule has 0 bridgehead atoms. The van der Waals surface area contributed by atoms with Crippen molar-refractivity contribution in [3.63, 3.8) is 0 Å². The quantitative estimate of drug-likeness (QED) is 0.748. The summed E-state index contributed by atoms with van der Waals surface area (Å²) < 4.78 is 38.9. The Morgan fingerprint density at radius 1 is 1.19 bits per heavy atom. The lowest BCUT2D eigenvalue weighted by atomic mass is 10.00. The minimum Gasteiger partial charge on any atom is -0.340 e. The van der Waals surface area contributed by atoms with Crippen molar-refractivity contribution in [2.45, 2.75) is 39.8 Å². The summed E-state index contributed by atoms with van der Waals surface area (Å²) in [5.74, 6) is 0. The first kappa shape index (κ1) is 19.8. The van der Waals surface area contributed by atoms with E-state index in [1.807, 2.05) is 24.8 Å². The number of alkyl halides is 3. The fraction of sp³-hybridized carbons (Fsp3) is 0.350. The second kappa shape index (κ2) is 8.25. The molecule has 1 aromatic heterocycles. The second-order valence-corrected chi connectivity index (χ2v) is 6.06. The van der Waals surface area contributed by atoms with Gasteiger partial charge < -0.3 is 9.88 Å². The number of aryl methyl sites for hydroxylation is 1. The SMILES string of the molecule is CCCC=C(c1ccc(C(F)(F)F)cc1C)N(CC)c1ccc(=O)[nH]c1. The third-order valence-corrected chi connectivity index (χ3v) is 4.14. The summed E-state index contributed by atoms with van der Waals surface area (Å²) in [6, 6.07) is 6.96. The van der Waals surface area contributed by atoms with Gasteiger partial charge in [-0.05, 0) is 44.0 Å². The number of rotatable bonds is 6. The molecule has 0 unspecified atom stereocenters. The molecule has 26 heavy (non-hydrogen) atoms. The van der Waals surface area contributed by atoms with E-state index in [-0.39, 0.29) is 5.56 Å². The summed E-state index contributed by atoms with van der Waals surface area (Å²) in [5, 5.41) is 0. The Morgan fingerprint density at radius 3 is 2.42 bits per heavy atom. The van der Waals surface area contributed by atoms with E-state index in [2.05, 4.69) is 4.98 Å². The third kappa shape index (κ3) is 4.56. The van der Waals surface area contributed by atoms with Crippen LogP contribution in [-0.2, 0) is 6.18 Å². The molecule has 6 heteroatoms. The summed E-state index contributed by atoms with van der Waals surface area (Å²) in [4.78, 5) is 16.0. The van der Waals surface area contributed by atoms with Crippen LogP contribution < -0.4 is 10.5 Å². The van der Waals surface area contributed by atoms with Gasteiger partial charge in [0, 0.05) is 30.1 Å². The number of unbranched alkanes of at least 4 members (excludes halogenated alkanes) is 1.